The van der Waals surface area contributed by atoms with Gasteiger partial charge in [-0.2, -0.15) is 0 Å². The van der Waals surface area contributed by atoms with Crippen molar-refractivity contribution in [1.82, 2.24) is 15.4 Å². The molecule has 2 aromatic heterocycles. The predicted octanol–water partition coefficient (Wildman–Crippen LogP) is 1.29. The van der Waals surface area contributed by atoms with Crippen LogP contribution >= 0.6 is 11.3 Å². The molecular formula is C9H8N4OS. The highest BCUT2D eigenvalue weighted by Crippen LogP contribution is 2.07. The quantitative estimate of drug-likeness (QED) is 0.765. The zero-order valence-corrected chi connectivity index (χ0v) is 8.49. The number of aromatic nitrogens is 2. The van der Waals surface area contributed by atoms with Gasteiger partial charge in [-0.1, -0.05) is 6.07 Å². The van der Waals surface area contributed by atoms with Crippen molar-refractivity contribution < 1.29 is 4.79 Å². The summed E-state index contributed by atoms with van der Waals surface area (Å²) in [5.74, 6) is 0.167. The maximum Gasteiger partial charge on any atom is 0.279 e. The van der Waals surface area contributed by atoms with Gasteiger partial charge in [-0.15, -0.1) is 11.3 Å². The van der Waals surface area contributed by atoms with Crippen LogP contribution in [0, 0.1) is 0 Å². The van der Waals surface area contributed by atoms with E-state index in [4.69, 9.17) is 0 Å². The Kier molecular flexibility index (Phi) is 2.89. The molecule has 0 aromatic carbocycles. The summed E-state index contributed by atoms with van der Waals surface area (Å²) in [6, 6.07) is 5.26. The molecule has 0 aliphatic carbocycles. The number of anilines is 1. The Morgan fingerprint density at radius 2 is 2.07 bits per heavy atom. The van der Waals surface area contributed by atoms with Crippen LogP contribution in [-0.2, 0) is 0 Å². The molecule has 0 aliphatic heterocycles. The minimum atomic E-state index is -0.197. The molecule has 0 bridgehead atoms. The Balaban J connectivity index is 1.92. The monoisotopic (exact) mass is 220 g/mol. The SMILES string of the molecule is O=C(NNc1ncccn1)c1cccs1. The molecule has 2 heterocycles. The first-order valence-corrected chi connectivity index (χ1v) is 5.11. The second-order valence-electron chi connectivity index (χ2n) is 2.63. The zero-order chi connectivity index (χ0) is 10.5. The molecule has 2 N–H and O–H groups in total. The molecule has 76 valence electrons. The van der Waals surface area contributed by atoms with Crippen LogP contribution in [0.25, 0.3) is 0 Å². The number of hydrogen-bond donors (Lipinski definition) is 2. The summed E-state index contributed by atoms with van der Waals surface area (Å²) in [5.41, 5.74) is 5.12. The van der Waals surface area contributed by atoms with Crippen LogP contribution in [0.4, 0.5) is 5.95 Å². The average molecular weight is 220 g/mol. The lowest BCUT2D eigenvalue weighted by Crippen LogP contribution is -2.29. The number of hydrogen-bond acceptors (Lipinski definition) is 5. The summed E-state index contributed by atoms with van der Waals surface area (Å²) in [6.07, 6.45) is 3.18. The van der Waals surface area contributed by atoms with Crippen molar-refractivity contribution in [2.24, 2.45) is 0 Å². The van der Waals surface area contributed by atoms with Crippen LogP contribution in [0.2, 0.25) is 0 Å². The van der Waals surface area contributed by atoms with Gasteiger partial charge in [0, 0.05) is 12.4 Å². The van der Waals surface area contributed by atoms with Gasteiger partial charge in [0.2, 0.25) is 5.95 Å². The summed E-state index contributed by atoms with van der Waals surface area (Å²) < 4.78 is 0. The molecule has 2 aromatic rings. The zero-order valence-electron chi connectivity index (χ0n) is 7.68. The van der Waals surface area contributed by atoms with Gasteiger partial charge in [-0.05, 0) is 17.5 Å². The fraction of sp³-hybridized carbons (Fsp3) is 0. The fourth-order valence-corrected chi connectivity index (χ4v) is 1.56. The molecule has 5 nitrogen and oxygen atoms in total. The lowest BCUT2D eigenvalue weighted by molar-refractivity contribution is 0.0966. The normalized spacial score (nSPS) is 9.60. The van der Waals surface area contributed by atoms with Gasteiger partial charge < -0.3 is 0 Å². The molecule has 15 heavy (non-hydrogen) atoms. The Morgan fingerprint density at radius 1 is 1.27 bits per heavy atom. The van der Waals surface area contributed by atoms with Crippen LogP contribution in [0.5, 0.6) is 0 Å². The maximum absolute atomic E-state index is 11.5. The lowest BCUT2D eigenvalue weighted by Gasteiger charge is -2.04. The van der Waals surface area contributed by atoms with Crippen molar-refractivity contribution in [2.75, 3.05) is 5.43 Å². The molecule has 0 fully saturated rings. The van der Waals surface area contributed by atoms with Gasteiger partial charge in [-0.3, -0.25) is 15.6 Å². The third-order valence-electron chi connectivity index (χ3n) is 1.60. The van der Waals surface area contributed by atoms with E-state index in [0.717, 1.165) is 0 Å². The Labute approximate surface area is 90.2 Å². The van der Waals surface area contributed by atoms with Crippen LogP contribution in [0.1, 0.15) is 9.67 Å². The summed E-state index contributed by atoms with van der Waals surface area (Å²) >= 11 is 1.37. The predicted molar refractivity (Wildman–Crippen MR) is 57.4 cm³/mol. The van der Waals surface area contributed by atoms with Crippen molar-refractivity contribution in [1.29, 1.82) is 0 Å². The van der Waals surface area contributed by atoms with Crippen LogP contribution < -0.4 is 10.9 Å². The third-order valence-corrected chi connectivity index (χ3v) is 2.47. The van der Waals surface area contributed by atoms with Gasteiger partial charge in [0.1, 0.15) is 0 Å². The number of thiophene rings is 1. The summed E-state index contributed by atoms with van der Waals surface area (Å²) in [6.45, 7) is 0. The lowest BCUT2D eigenvalue weighted by atomic mass is 10.4. The summed E-state index contributed by atoms with van der Waals surface area (Å²) in [4.78, 5) is 19.9. The molecule has 0 spiro atoms. The third kappa shape index (κ3) is 2.50. The molecule has 0 saturated carbocycles. The van der Waals surface area contributed by atoms with Crippen LogP contribution in [0.15, 0.2) is 36.0 Å². The van der Waals surface area contributed by atoms with E-state index in [-0.39, 0.29) is 5.91 Å². The van der Waals surface area contributed by atoms with E-state index in [1.165, 1.54) is 11.3 Å². The highest BCUT2D eigenvalue weighted by molar-refractivity contribution is 7.12. The first-order chi connectivity index (χ1) is 7.36. The minimum absolute atomic E-state index is 0.197. The van der Waals surface area contributed by atoms with E-state index in [0.29, 0.717) is 10.8 Å². The number of nitrogens with zero attached hydrogens (tertiary/aromatic N) is 2. The standard InChI is InChI=1S/C9H8N4OS/c14-8(7-3-1-6-15-7)12-13-9-10-4-2-5-11-9/h1-6H,(H,12,14)(H,10,11,13). The van der Waals surface area contributed by atoms with Gasteiger partial charge in [0.25, 0.3) is 5.91 Å². The van der Waals surface area contributed by atoms with E-state index in [9.17, 15) is 4.79 Å². The second kappa shape index (κ2) is 4.52. The molecule has 0 saturated heterocycles. The minimum Gasteiger partial charge on any atom is -0.266 e. The maximum atomic E-state index is 11.5. The fourth-order valence-electron chi connectivity index (χ4n) is 0.946. The molecule has 6 heteroatoms. The van der Waals surface area contributed by atoms with Gasteiger partial charge in [-0.25, -0.2) is 9.97 Å². The Morgan fingerprint density at radius 3 is 2.73 bits per heavy atom. The number of rotatable bonds is 3. The number of hydrazine groups is 1. The molecule has 0 unspecified atom stereocenters. The molecular weight excluding hydrogens is 212 g/mol. The number of amides is 1. The smallest absolute Gasteiger partial charge is 0.266 e. The van der Waals surface area contributed by atoms with Gasteiger partial charge in [0.05, 0.1) is 4.88 Å². The van der Waals surface area contributed by atoms with Crippen molar-refractivity contribution in [3.8, 4) is 0 Å². The topological polar surface area (TPSA) is 66.9 Å². The van der Waals surface area contributed by atoms with Crippen LogP contribution in [-0.4, -0.2) is 15.9 Å². The Hall–Kier alpha value is -1.95. The van der Waals surface area contributed by atoms with E-state index in [2.05, 4.69) is 20.8 Å². The Bertz CT molecular complexity index is 429. The van der Waals surface area contributed by atoms with Crippen molar-refractivity contribution >= 4 is 23.2 Å². The number of carbonyl (C=O) groups is 1. The number of nitrogens with one attached hydrogen (secondary N) is 2. The number of carbonyl (C=O) groups excluding carboxylic acids is 1. The highest BCUT2D eigenvalue weighted by Gasteiger charge is 2.05. The molecule has 0 atom stereocenters. The van der Waals surface area contributed by atoms with E-state index < -0.39 is 0 Å². The van der Waals surface area contributed by atoms with Crippen molar-refractivity contribution in [2.45, 2.75) is 0 Å². The molecule has 0 aliphatic rings. The first-order valence-electron chi connectivity index (χ1n) is 4.23. The van der Waals surface area contributed by atoms with Gasteiger partial charge >= 0.3 is 0 Å². The van der Waals surface area contributed by atoms with Crippen molar-refractivity contribution in [3.05, 3.63) is 40.8 Å². The second-order valence-corrected chi connectivity index (χ2v) is 3.58. The van der Waals surface area contributed by atoms with Gasteiger partial charge in [0.15, 0.2) is 0 Å². The largest absolute Gasteiger partial charge is 0.279 e. The van der Waals surface area contributed by atoms with Crippen molar-refractivity contribution in [3.63, 3.8) is 0 Å². The first kappa shape index (κ1) is 9.60. The van der Waals surface area contributed by atoms with E-state index >= 15 is 0 Å². The summed E-state index contributed by atoms with van der Waals surface area (Å²) in [5, 5.41) is 1.84. The molecule has 2 rings (SSSR count). The summed E-state index contributed by atoms with van der Waals surface area (Å²) in [7, 11) is 0. The molecule has 0 radical (unpaired) electrons. The van der Waals surface area contributed by atoms with E-state index in [1.807, 2.05) is 11.4 Å². The molecule has 1 amide bonds. The van der Waals surface area contributed by atoms with Crippen LogP contribution in [0.3, 0.4) is 0 Å². The van der Waals surface area contributed by atoms with E-state index in [1.54, 1.807) is 24.5 Å². The highest BCUT2D eigenvalue weighted by atomic mass is 32.1. The average Bonchev–Trinajstić information content (AvgIpc) is 2.81.